The number of aliphatic imine (C=N–C) groups is 1. The number of halogens is 1. The van der Waals surface area contributed by atoms with Crippen LogP contribution in [0, 0.1) is 5.82 Å². The highest BCUT2D eigenvalue weighted by Gasteiger charge is 2.06. The number of hydrogen-bond donors (Lipinski definition) is 2. The molecular weight excluding hydrogens is 295 g/mol. The van der Waals surface area contributed by atoms with E-state index in [1.807, 2.05) is 32.3 Å². The van der Waals surface area contributed by atoms with Gasteiger partial charge in [-0.1, -0.05) is 6.07 Å². The lowest BCUT2D eigenvalue weighted by Gasteiger charge is -2.15. The second-order valence-corrected chi connectivity index (χ2v) is 5.36. The second kappa shape index (κ2) is 8.22. The Labute approximate surface area is 136 Å². The highest BCUT2D eigenvalue weighted by Crippen LogP contribution is 2.18. The van der Waals surface area contributed by atoms with Crippen molar-refractivity contribution in [3.8, 4) is 0 Å². The first-order chi connectivity index (χ1) is 11.1. The minimum Gasteiger partial charge on any atom is -0.469 e. The maximum Gasteiger partial charge on any atom is 0.191 e. The van der Waals surface area contributed by atoms with Crippen LogP contribution >= 0.6 is 0 Å². The molecule has 2 N–H and O–H groups in total. The molecule has 5 nitrogen and oxygen atoms in total. The lowest BCUT2D eigenvalue weighted by Crippen LogP contribution is -2.37. The van der Waals surface area contributed by atoms with Crippen LogP contribution in [-0.4, -0.2) is 33.6 Å². The minimum atomic E-state index is -0.227. The van der Waals surface area contributed by atoms with Gasteiger partial charge in [-0.15, -0.1) is 0 Å². The van der Waals surface area contributed by atoms with Gasteiger partial charge in [-0.05, 0) is 29.8 Å². The first-order valence-corrected chi connectivity index (χ1v) is 7.53. The molecule has 0 radical (unpaired) electrons. The molecule has 0 aliphatic carbocycles. The van der Waals surface area contributed by atoms with Gasteiger partial charge in [0.05, 0.1) is 12.0 Å². The summed E-state index contributed by atoms with van der Waals surface area (Å²) in [5, 5.41) is 6.37. The number of benzene rings is 1. The van der Waals surface area contributed by atoms with Gasteiger partial charge in [-0.2, -0.15) is 0 Å². The average Bonchev–Trinajstić information content (AvgIpc) is 3.03. The molecule has 1 aromatic carbocycles. The largest absolute Gasteiger partial charge is 0.469 e. The first-order valence-electron chi connectivity index (χ1n) is 7.53. The van der Waals surface area contributed by atoms with E-state index in [0.29, 0.717) is 24.7 Å². The van der Waals surface area contributed by atoms with Crippen molar-refractivity contribution < 1.29 is 8.81 Å². The zero-order valence-electron chi connectivity index (χ0n) is 13.8. The van der Waals surface area contributed by atoms with Crippen molar-refractivity contribution >= 4 is 11.6 Å². The molecule has 0 fully saturated rings. The normalized spacial score (nSPS) is 11.4. The summed E-state index contributed by atoms with van der Waals surface area (Å²) in [5.41, 5.74) is 1.44. The Morgan fingerprint density at radius 1 is 1.26 bits per heavy atom. The summed E-state index contributed by atoms with van der Waals surface area (Å²) < 4.78 is 19.2. The van der Waals surface area contributed by atoms with E-state index in [4.69, 9.17) is 4.42 Å². The Morgan fingerprint density at radius 2 is 2.09 bits per heavy atom. The predicted octanol–water partition coefficient (Wildman–Crippen LogP) is 2.39. The Bertz CT molecular complexity index is 638. The van der Waals surface area contributed by atoms with E-state index in [2.05, 4.69) is 15.6 Å². The zero-order chi connectivity index (χ0) is 16.7. The standard InChI is InChI=1S/C17H23FN4O/c1-19-17(20-9-8-14-5-4-10-23-14)21-12-13-6-7-16(22(2)3)15(18)11-13/h4-7,10-11H,8-9,12H2,1-3H3,(H2,19,20,21). The van der Waals surface area contributed by atoms with Crippen LogP contribution in [0.5, 0.6) is 0 Å². The van der Waals surface area contributed by atoms with Gasteiger partial charge in [0.25, 0.3) is 0 Å². The van der Waals surface area contributed by atoms with Crippen molar-refractivity contribution in [3.63, 3.8) is 0 Å². The fourth-order valence-corrected chi connectivity index (χ4v) is 2.19. The van der Waals surface area contributed by atoms with Crippen LogP contribution < -0.4 is 15.5 Å². The summed E-state index contributed by atoms with van der Waals surface area (Å²) in [6, 6.07) is 9.03. The maximum atomic E-state index is 13.9. The molecule has 0 unspecified atom stereocenters. The van der Waals surface area contributed by atoms with Gasteiger partial charge < -0.3 is 20.0 Å². The molecule has 0 aliphatic rings. The summed E-state index contributed by atoms with van der Waals surface area (Å²) in [7, 11) is 5.35. The molecule has 1 heterocycles. The number of rotatable bonds is 6. The van der Waals surface area contributed by atoms with Crippen LogP contribution in [0.4, 0.5) is 10.1 Å². The molecule has 0 aliphatic heterocycles. The molecule has 0 bridgehead atoms. The smallest absolute Gasteiger partial charge is 0.191 e. The third-order valence-corrected chi connectivity index (χ3v) is 3.42. The molecule has 6 heteroatoms. The van der Waals surface area contributed by atoms with Gasteiger partial charge in [-0.3, -0.25) is 4.99 Å². The predicted molar refractivity (Wildman–Crippen MR) is 91.3 cm³/mol. The minimum absolute atomic E-state index is 0.227. The molecule has 0 spiro atoms. The van der Waals surface area contributed by atoms with Crippen LogP contribution in [0.3, 0.4) is 0 Å². The van der Waals surface area contributed by atoms with Crippen LogP contribution in [0.2, 0.25) is 0 Å². The van der Waals surface area contributed by atoms with E-state index in [9.17, 15) is 4.39 Å². The SMILES string of the molecule is CN=C(NCCc1ccco1)NCc1ccc(N(C)C)c(F)c1. The van der Waals surface area contributed by atoms with E-state index >= 15 is 0 Å². The fraction of sp³-hybridized carbons (Fsp3) is 0.353. The Morgan fingerprint density at radius 3 is 2.70 bits per heavy atom. The Hall–Kier alpha value is -2.50. The van der Waals surface area contributed by atoms with Crippen LogP contribution in [-0.2, 0) is 13.0 Å². The van der Waals surface area contributed by atoms with Crippen LogP contribution in [0.1, 0.15) is 11.3 Å². The number of nitrogens with one attached hydrogen (secondary N) is 2. The third kappa shape index (κ3) is 5.02. The first kappa shape index (κ1) is 16.9. The van der Waals surface area contributed by atoms with E-state index in [0.717, 1.165) is 17.7 Å². The molecule has 23 heavy (non-hydrogen) atoms. The van der Waals surface area contributed by atoms with Crippen molar-refractivity contribution in [2.75, 3.05) is 32.6 Å². The monoisotopic (exact) mass is 318 g/mol. The average molecular weight is 318 g/mol. The molecule has 0 saturated heterocycles. The zero-order valence-corrected chi connectivity index (χ0v) is 13.8. The van der Waals surface area contributed by atoms with E-state index in [-0.39, 0.29) is 5.82 Å². The van der Waals surface area contributed by atoms with Crippen molar-refractivity contribution in [2.45, 2.75) is 13.0 Å². The maximum absolute atomic E-state index is 13.9. The summed E-state index contributed by atoms with van der Waals surface area (Å²) in [5.74, 6) is 1.37. The second-order valence-electron chi connectivity index (χ2n) is 5.36. The van der Waals surface area contributed by atoms with Gasteiger partial charge in [-0.25, -0.2) is 4.39 Å². The molecular formula is C17H23FN4O. The Kier molecular flexibility index (Phi) is 6.02. The third-order valence-electron chi connectivity index (χ3n) is 3.42. The van der Waals surface area contributed by atoms with Crippen LogP contribution in [0.15, 0.2) is 46.0 Å². The van der Waals surface area contributed by atoms with Crippen molar-refractivity contribution in [3.05, 3.63) is 53.7 Å². The Balaban J connectivity index is 1.82. The van der Waals surface area contributed by atoms with E-state index in [1.54, 1.807) is 30.3 Å². The summed E-state index contributed by atoms with van der Waals surface area (Å²) in [6.07, 6.45) is 2.44. The lowest BCUT2D eigenvalue weighted by atomic mass is 10.2. The highest BCUT2D eigenvalue weighted by atomic mass is 19.1. The molecule has 1 aromatic heterocycles. The molecule has 0 atom stereocenters. The number of furan rings is 1. The molecule has 124 valence electrons. The van der Waals surface area contributed by atoms with Gasteiger partial charge in [0.2, 0.25) is 0 Å². The molecule has 2 rings (SSSR count). The van der Waals surface area contributed by atoms with E-state index in [1.165, 1.54) is 0 Å². The van der Waals surface area contributed by atoms with E-state index < -0.39 is 0 Å². The molecule has 0 saturated carbocycles. The number of nitrogens with zero attached hydrogens (tertiary/aromatic N) is 2. The van der Waals surface area contributed by atoms with Crippen molar-refractivity contribution in [2.24, 2.45) is 4.99 Å². The fourth-order valence-electron chi connectivity index (χ4n) is 2.19. The van der Waals surface area contributed by atoms with Crippen molar-refractivity contribution in [1.29, 1.82) is 0 Å². The lowest BCUT2D eigenvalue weighted by molar-refractivity contribution is 0.507. The topological polar surface area (TPSA) is 52.8 Å². The number of guanidine groups is 1. The number of hydrogen-bond acceptors (Lipinski definition) is 3. The molecule has 2 aromatic rings. The van der Waals surface area contributed by atoms with Gasteiger partial charge >= 0.3 is 0 Å². The number of anilines is 1. The molecule has 0 amide bonds. The van der Waals surface area contributed by atoms with Crippen molar-refractivity contribution in [1.82, 2.24) is 10.6 Å². The summed E-state index contributed by atoms with van der Waals surface area (Å²) in [4.78, 5) is 5.90. The summed E-state index contributed by atoms with van der Waals surface area (Å²) in [6.45, 7) is 1.21. The van der Waals surface area contributed by atoms with Crippen LogP contribution in [0.25, 0.3) is 0 Å². The quantitative estimate of drug-likeness (QED) is 0.634. The summed E-state index contributed by atoms with van der Waals surface area (Å²) >= 11 is 0. The van der Waals surface area contributed by atoms with Gasteiger partial charge in [0, 0.05) is 40.7 Å². The van der Waals surface area contributed by atoms with Gasteiger partial charge in [0.15, 0.2) is 5.96 Å². The highest BCUT2D eigenvalue weighted by molar-refractivity contribution is 5.79. The van der Waals surface area contributed by atoms with Gasteiger partial charge in [0.1, 0.15) is 11.6 Å².